The molecule has 1 aromatic rings. The highest BCUT2D eigenvalue weighted by molar-refractivity contribution is 6.35. The maximum atomic E-state index is 11.8. The van der Waals surface area contributed by atoms with Gasteiger partial charge in [-0.2, -0.15) is 0 Å². The minimum absolute atomic E-state index is 0.0614. The van der Waals surface area contributed by atoms with Gasteiger partial charge in [0.2, 0.25) is 12.0 Å². The van der Waals surface area contributed by atoms with Crippen molar-refractivity contribution in [1.82, 2.24) is 0 Å². The van der Waals surface area contributed by atoms with Gasteiger partial charge < -0.3 is 0 Å². The van der Waals surface area contributed by atoms with Gasteiger partial charge in [-0.1, -0.05) is 30.3 Å². The summed E-state index contributed by atoms with van der Waals surface area (Å²) < 4.78 is 1.77. The Hall–Kier alpha value is -1.70. The van der Waals surface area contributed by atoms with Crippen LogP contribution in [0, 0.1) is 0 Å². The molecule has 0 aromatic heterocycles. The number of ketones is 1. The Morgan fingerprint density at radius 1 is 1.12 bits per heavy atom. The maximum absolute atomic E-state index is 11.8. The second-order valence-electron chi connectivity index (χ2n) is 4.07. The molecule has 0 aliphatic heterocycles. The van der Waals surface area contributed by atoms with Gasteiger partial charge in [-0.25, -0.2) is 4.58 Å². The third-order valence-corrected chi connectivity index (χ3v) is 2.51. The average molecular weight is 216 g/mol. The van der Waals surface area contributed by atoms with E-state index in [4.69, 9.17) is 0 Å². The summed E-state index contributed by atoms with van der Waals surface area (Å²) in [6.45, 7) is 3.84. The third-order valence-electron chi connectivity index (χ3n) is 2.51. The Morgan fingerprint density at radius 3 is 2.19 bits per heavy atom. The van der Waals surface area contributed by atoms with Crippen LogP contribution in [-0.2, 0) is 4.79 Å². The Labute approximate surface area is 96.9 Å². The first-order chi connectivity index (χ1) is 7.52. The van der Waals surface area contributed by atoms with Gasteiger partial charge in [-0.05, 0) is 25.0 Å². The fraction of sp³-hybridized carbons (Fsp3) is 0.286. The fourth-order valence-electron chi connectivity index (χ4n) is 1.42. The minimum atomic E-state index is 0.0614. The lowest BCUT2D eigenvalue weighted by atomic mass is 10.0. The summed E-state index contributed by atoms with van der Waals surface area (Å²) in [7, 11) is 3.70. The molecule has 0 heterocycles. The average Bonchev–Trinajstić information content (AvgIpc) is 2.27. The molecule has 0 spiro atoms. The predicted octanol–water partition coefficient (Wildman–Crippen LogP) is 2.39. The van der Waals surface area contributed by atoms with E-state index < -0.39 is 0 Å². The smallest absolute Gasteiger partial charge is 0.244 e. The molecule has 0 radical (unpaired) electrons. The van der Waals surface area contributed by atoms with E-state index in [1.165, 1.54) is 0 Å². The highest BCUT2D eigenvalue weighted by Crippen LogP contribution is 2.17. The number of nitrogens with zero attached hydrogens (tertiary/aromatic N) is 1. The van der Waals surface area contributed by atoms with Crippen molar-refractivity contribution >= 4 is 17.6 Å². The second kappa shape index (κ2) is 5.40. The van der Waals surface area contributed by atoms with Crippen LogP contribution in [0.25, 0.3) is 5.57 Å². The third kappa shape index (κ3) is 3.16. The summed E-state index contributed by atoms with van der Waals surface area (Å²) >= 11 is 0. The summed E-state index contributed by atoms with van der Waals surface area (Å²) in [5.41, 5.74) is 2.92. The molecule has 84 valence electrons. The molecule has 0 atom stereocenters. The number of allylic oxidation sites excluding steroid dienone is 2. The molecule has 1 aromatic carbocycles. The number of Topliss-reactive ketones (excluding diaryl/α,β-unsaturated/α-hetero) is 1. The standard InChI is InChI=1S/C14H18NO/c1-11(13-8-6-5-7-9-13)12(2)14(16)10-15(3)4/h5-10H,1-4H3/q+1/b12-11+. The van der Waals surface area contributed by atoms with Gasteiger partial charge in [-0.15, -0.1) is 0 Å². The van der Waals surface area contributed by atoms with Crippen molar-refractivity contribution < 1.29 is 9.37 Å². The highest BCUT2D eigenvalue weighted by Gasteiger charge is 2.09. The van der Waals surface area contributed by atoms with Crippen molar-refractivity contribution in [2.24, 2.45) is 0 Å². The van der Waals surface area contributed by atoms with Crippen molar-refractivity contribution in [3.63, 3.8) is 0 Å². The number of rotatable bonds is 3. The Morgan fingerprint density at radius 2 is 1.69 bits per heavy atom. The highest BCUT2D eigenvalue weighted by atomic mass is 16.1. The predicted molar refractivity (Wildman–Crippen MR) is 67.9 cm³/mol. The number of benzene rings is 1. The number of carbonyl (C=O) groups excluding carboxylic acids is 1. The summed E-state index contributed by atoms with van der Waals surface area (Å²) in [6, 6.07) is 9.96. The molecule has 16 heavy (non-hydrogen) atoms. The molecule has 0 amide bonds. The largest absolute Gasteiger partial charge is 0.283 e. The van der Waals surface area contributed by atoms with E-state index >= 15 is 0 Å². The lowest BCUT2D eigenvalue weighted by molar-refractivity contribution is -0.458. The summed E-state index contributed by atoms with van der Waals surface area (Å²) in [5, 5.41) is 0. The molecule has 0 fully saturated rings. The minimum Gasteiger partial charge on any atom is -0.283 e. The van der Waals surface area contributed by atoms with E-state index in [1.54, 1.807) is 10.8 Å². The molecule has 0 aliphatic carbocycles. The van der Waals surface area contributed by atoms with Crippen molar-refractivity contribution in [1.29, 1.82) is 0 Å². The van der Waals surface area contributed by atoms with Gasteiger partial charge in [0.1, 0.15) is 14.1 Å². The van der Waals surface area contributed by atoms with E-state index in [-0.39, 0.29) is 5.78 Å². The van der Waals surface area contributed by atoms with Gasteiger partial charge in [-0.3, -0.25) is 4.79 Å². The van der Waals surface area contributed by atoms with Crippen LogP contribution >= 0.6 is 0 Å². The van der Waals surface area contributed by atoms with E-state index in [0.29, 0.717) is 0 Å². The molecule has 0 N–H and O–H groups in total. The summed E-state index contributed by atoms with van der Waals surface area (Å²) in [4.78, 5) is 11.8. The van der Waals surface area contributed by atoms with Crippen LogP contribution in [0.3, 0.4) is 0 Å². The van der Waals surface area contributed by atoms with Crippen molar-refractivity contribution in [2.75, 3.05) is 14.1 Å². The fourth-order valence-corrected chi connectivity index (χ4v) is 1.42. The summed E-state index contributed by atoms with van der Waals surface area (Å²) in [6.07, 6.45) is 1.60. The molecule has 0 unspecified atom stereocenters. The Bertz CT molecular complexity index is 437. The molecule has 0 saturated carbocycles. The Kier molecular flexibility index (Phi) is 4.18. The number of carbonyl (C=O) groups is 1. The first-order valence-electron chi connectivity index (χ1n) is 5.31. The maximum Gasteiger partial charge on any atom is 0.244 e. The SMILES string of the molecule is C/C(C(=O)C=[N+](C)C)=C(/C)c1ccccc1. The topological polar surface area (TPSA) is 20.1 Å². The molecular weight excluding hydrogens is 198 g/mol. The van der Waals surface area contributed by atoms with Gasteiger partial charge in [0.25, 0.3) is 0 Å². The molecule has 0 bridgehead atoms. The second-order valence-corrected chi connectivity index (χ2v) is 4.07. The zero-order valence-corrected chi connectivity index (χ0v) is 10.3. The molecule has 2 heteroatoms. The van der Waals surface area contributed by atoms with E-state index in [0.717, 1.165) is 16.7 Å². The van der Waals surface area contributed by atoms with Crippen LogP contribution in [-0.4, -0.2) is 30.7 Å². The first kappa shape index (κ1) is 12.4. The van der Waals surface area contributed by atoms with Crippen molar-refractivity contribution in [2.45, 2.75) is 13.8 Å². The monoisotopic (exact) mass is 216 g/mol. The molecule has 1 rings (SSSR count). The van der Waals surface area contributed by atoms with Crippen LogP contribution < -0.4 is 0 Å². The Balaban J connectivity index is 3.06. The van der Waals surface area contributed by atoms with E-state index in [1.807, 2.05) is 58.3 Å². The van der Waals surface area contributed by atoms with Gasteiger partial charge in [0.15, 0.2) is 0 Å². The van der Waals surface area contributed by atoms with Crippen molar-refractivity contribution in [3.05, 3.63) is 41.5 Å². The van der Waals surface area contributed by atoms with Crippen LogP contribution in [0.1, 0.15) is 19.4 Å². The quantitative estimate of drug-likeness (QED) is 0.431. The zero-order valence-electron chi connectivity index (χ0n) is 10.3. The normalized spacial score (nSPS) is 11.8. The first-order valence-corrected chi connectivity index (χ1v) is 5.31. The van der Waals surface area contributed by atoms with Crippen LogP contribution in [0.2, 0.25) is 0 Å². The van der Waals surface area contributed by atoms with Gasteiger partial charge >= 0.3 is 0 Å². The molecular formula is C14H18NO+. The van der Waals surface area contributed by atoms with Gasteiger partial charge in [0.05, 0.1) is 0 Å². The van der Waals surface area contributed by atoms with Gasteiger partial charge in [0, 0.05) is 5.57 Å². The van der Waals surface area contributed by atoms with Crippen LogP contribution in [0.4, 0.5) is 0 Å². The molecule has 0 saturated heterocycles. The summed E-state index contributed by atoms with van der Waals surface area (Å²) in [5.74, 6) is 0.0614. The van der Waals surface area contributed by atoms with Crippen molar-refractivity contribution in [3.8, 4) is 0 Å². The van der Waals surface area contributed by atoms with E-state index in [2.05, 4.69) is 0 Å². The lowest BCUT2D eigenvalue weighted by Crippen LogP contribution is -2.11. The van der Waals surface area contributed by atoms with Crippen LogP contribution in [0.15, 0.2) is 35.9 Å². The molecule has 0 aliphatic rings. The zero-order chi connectivity index (χ0) is 12.1. The van der Waals surface area contributed by atoms with Crippen LogP contribution in [0.5, 0.6) is 0 Å². The molecule has 2 nitrogen and oxygen atoms in total. The number of hydrogen-bond acceptors (Lipinski definition) is 1. The number of hydrogen-bond donors (Lipinski definition) is 0. The lowest BCUT2D eigenvalue weighted by Gasteiger charge is -2.04. The van der Waals surface area contributed by atoms with E-state index in [9.17, 15) is 4.79 Å².